The Hall–Kier alpha value is -4.04. The molecule has 0 unspecified atom stereocenters. The Labute approximate surface area is 176 Å². The first kappa shape index (κ1) is 18.0. The molecule has 0 N–H and O–H groups in total. The number of hydrogen-bond acceptors (Lipinski definition) is 2. The molecule has 0 radical (unpaired) electrons. The summed E-state index contributed by atoms with van der Waals surface area (Å²) in [6.07, 6.45) is 3.65. The molecule has 0 spiro atoms. The maximum atomic E-state index is 4.96. The summed E-state index contributed by atoms with van der Waals surface area (Å²) in [5, 5.41) is 0. The van der Waals surface area contributed by atoms with Crippen LogP contribution < -0.4 is 0 Å². The number of benzene rings is 3. The fourth-order valence-corrected chi connectivity index (χ4v) is 3.61. The molecule has 142 valence electrons. The van der Waals surface area contributed by atoms with Crippen molar-refractivity contribution in [2.24, 2.45) is 0 Å². The Bertz CT molecular complexity index is 1190. The van der Waals surface area contributed by atoms with E-state index >= 15 is 0 Å². The number of pyridine rings is 2. The van der Waals surface area contributed by atoms with Crippen molar-refractivity contribution in [1.29, 1.82) is 0 Å². The van der Waals surface area contributed by atoms with Crippen LogP contribution in [-0.2, 0) is 0 Å². The molecule has 5 rings (SSSR count). The van der Waals surface area contributed by atoms with E-state index in [0.717, 1.165) is 28.1 Å². The normalized spacial score (nSPS) is 10.7. The number of hydrogen-bond donors (Lipinski definition) is 0. The second kappa shape index (κ2) is 8.14. The second-order valence-corrected chi connectivity index (χ2v) is 7.17. The van der Waals surface area contributed by atoms with Gasteiger partial charge in [0.1, 0.15) is 0 Å². The first-order valence-corrected chi connectivity index (χ1v) is 10.0. The molecule has 0 bridgehead atoms. The highest BCUT2D eigenvalue weighted by Gasteiger charge is 2.09. The minimum Gasteiger partial charge on any atom is -0.265 e. The third-order valence-corrected chi connectivity index (χ3v) is 5.20. The molecule has 0 aliphatic rings. The third kappa shape index (κ3) is 3.76. The zero-order chi connectivity index (χ0) is 20.2. The van der Waals surface area contributed by atoms with Gasteiger partial charge in [0.25, 0.3) is 0 Å². The Balaban J connectivity index is 1.60. The van der Waals surface area contributed by atoms with Crippen LogP contribution in [0.15, 0.2) is 122 Å². The lowest BCUT2D eigenvalue weighted by Gasteiger charge is -2.11. The molecular weight excluding hydrogens is 364 g/mol. The van der Waals surface area contributed by atoms with E-state index in [0.29, 0.717) is 0 Å². The SMILES string of the molecule is c1ccc(-c2cc(-c3ccc(-c4ccncc4)cc3)cc(-c3ccccc3)n2)cc1. The van der Waals surface area contributed by atoms with Gasteiger partial charge in [0.05, 0.1) is 11.4 Å². The molecule has 0 saturated carbocycles. The summed E-state index contributed by atoms with van der Waals surface area (Å²) >= 11 is 0. The minimum absolute atomic E-state index is 0.977. The summed E-state index contributed by atoms with van der Waals surface area (Å²) < 4.78 is 0. The van der Waals surface area contributed by atoms with Gasteiger partial charge in [-0.15, -0.1) is 0 Å². The molecule has 2 aromatic heterocycles. The van der Waals surface area contributed by atoms with Crippen LogP contribution in [-0.4, -0.2) is 9.97 Å². The van der Waals surface area contributed by atoms with Crippen LogP contribution in [0.5, 0.6) is 0 Å². The summed E-state index contributed by atoms with van der Waals surface area (Å²) in [5.74, 6) is 0. The first-order chi connectivity index (χ1) is 14.9. The Morgan fingerprint density at radius 3 is 1.30 bits per heavy atom. The van der Waals surface area contributed by atoms with Crippen molar-refractivity contribution < 1.29 is 0 Å². The van der Waals surface area contributed by atoms with Crippen molar-refractivity contribution in [1.82, 2.24) is 9.97 Å². The van der Waals surface area contributed by atoms with Crippen LogP contribution in [0.2, 0.25) is 0 Å². The lowest BCUT2D eigenvalue weighted by atomic mass is 9.98. The van der Waals surface area contributed by atoms with E-state index in [4.69, 9.17) is 4.98 Å². The van der Waals surface area contributed by atoms with Gasteiger partial charge in [-0.1, -0.05) is 84.9 Å². The highest BCUT2D eigenvalue weighted by molar-refractivity contribution is 5.78. The molecule has 2 heteroatoms. The van der Waals surface area contributed by atoms with Crippen LogP contribution in [0.4, 0.5) is 0 Å². The Morgan fingerprint density at radius 2 is 0.800 bits per heavy atom. The van der Waals surface area contributed by atoms with Crippen LogP contribution in [0, 0.1) is 0 Å². The van der Waals surface area contributed by atoms with E-state index < -0.39 is 0 Å². The predicted octanol–water partition coefficient (Wildman–Crippen LogP) is 7.14. The van der Waals surface area contributed by atoms with Crippen molar-refractivity contribution in [3.8, 4) is 44.8 Å². The average Bonchev–Trinajstić information content (AvgIpc) is 2.85. The smallest absolute Gasteiger partial charge is 0.0715 e. The molecule has 2 nitrogen and oxygen atoms in total. The average molecular weight is 384 g/mol. The molecule has 0 saturated heterocycles. The van der Waals surface area contributed by atoms with Gasteiger partial charge in [-0.25, -0.2) is 4.98 Å². The van der Waals surface area contributed by atoms with Gasteiger partial charge in [0.15, 0.2) is 0 Å². The van der Waals surface area contributed by atoms with Crippen molar-refractivity contribution in [3.63, 3.8) is 0 Å². The monoisotopic (exact) mass is 384 g/mol. The lowest BCUT2D eigenvalue weighted by Crippen LogP contribution is -1.91. The summed E-state index contributed by atoms with van der Waals surface area (Å²) in [4.78, 5) is 9.06. The highest BCUT2D eigenvalue weighted by atomic mass is 14.7. The standard InChI is InChI=1S/C28H20N2/c1-3-7-24(8-4-1)27-19-26(20-28(30-27)25-9-5-2-6-10-25)22-13-11-21(12-14-22)23-15-17-29-18-16-23/h1-20H. The predicted molar refractivity (Wildman–Crippen MR) is 124 cm³/mol. The molecule has 0 aliphatic heterocycles. The van der Waals surface area contributed by atoms with Crippen molar-refractivity contribution in [2.45, 2.75) is 0 Å². The van der Waals surface area contributed by atoms with Crippen molar-refractivity contribution in [2.75, 3.05) is 0 Å². The van der Waals surface area contributed by atoms with E-state index in [9.17, 15) is 0 Å². The maximum absolute atomic E-state index is 4.96. The van der Waals surface area contributed by atoms with Gasteiger partial charge in [0.2, 0.25) is 0 Å². The largest absolute Gasteiger partial charge is 0.265 e. The summed E-state index contributed by atoms with van der Waals surface area (Å²) in [6.45, 7) is 0. The molecule has 2 heterocycles. The highest BCUT2D eigenvalue weighted by Crippen LogP contribution is 2.31. The van der Waals surface area contributed by atoms with E-state index in [1.165, 1.54) is 16.7 Å². The molecule has 0 amide bonds. The molecule has 0 fully saturated rings. The van der Waals surface area contributed by atoms with Gasteiger partial charge >= 0.3 is 0 Å². The molecule has 30 heavy (non-hydrogen) atoms. The van der Waals surface area contributed by atoms with Crippen LogP contribution >= 0.6 is 0 Å². The Morgan fingerprint density at radius 1 is 0.367 bits per heavy atom. The van der Waals surface area contributed by atoms with Crippen LogP contribution in [0.25, 0.3) is 44.8 Å². The lowest BCUT2D eigenvalue weighted by molar-refractivity contribution is 1.32. The van der Waals surface area contributed by atoms with Crippen LogP contribution in [0.1, 0.15) is 0 Å². The number of rotatable bonds is 4. The quantitative estimate of drug-likeness (QED) is 0.329. The van der Waals surface area contributed by atoms with E-state index in [2.05, 4.69) is 89.9 Å². The minimum atomic E-state index is 0.977. The zero-order valence-electron chi connectivity index (χ0n) is 16.4. The Kier molecular flexibility index (Phi) is 4.89. The van der Waals surface area contributed by atoms with Gasteiger partial charge in [-0.3, -0.25) is 4.98 Å². The fraction of sp³-hybridized carbons (Fsp3) is 0. The van der Waals surface area contributed by atoms with Gasteiger partial charge < -0.3 is 0 Å². The molecule has 5 aromatic rings. The van der Waals surface area contributed by atoms with Crippen LogP contribution in [0.3, 0.4) is 0 Å². The molecular formula is C28H20N2. The fourth-order valence-electron chi connectivity index (χ4n) is 3.61. The maximum Gasteiger partial charge on any atom is 0.0715 e. The summed E-state index contributed by atoms with van der Waals surface area (Å²) in [5.41, 5.74) is 8.86. The van der Waals surface area contributed by atoms with E-state index in [1.807, 2.05) is 36.7 Å². The summed E-state index contributed by atoms with van der Waals surface area (Å²) in [7, 11) is 0. The topological polar surface area (TPSA) is 25.8 Å². The van der Waals surface area contributed by atoms with Gasteiger partial charge in [0, 0.05) is 23.5 Å². The van der Waals surface area contributed by atoms with Gasteiger partial charge in [-0.05, 0) is 46.5 Å². The zero-order valence-corrected chi connectivity index (χ0v) is 16.4. The third-order valence-electron chi connectivity index (χ3n) is 5.20. The number of aromatic nitrogens is 2. The molecule has 0 atom stereocenters. The second-order valence-electron chi connectivity index (χ2n) is 7.17. The summed E-state index contributed by atoms with van der Waals surface area (Å²) in [6, 6.07) is 37.8. The van der Waals surface area contributed by atoms with Gasteiger partial charge in [-0.2, -0.15) is 0 Å². The van der Waals surface area contributed by atoms with E-state index in [-0.39, 0.29) is 0 Å². The van der Waals surface area contributed by atoms with Crippen molar-refractivity contribution in [3.05, 3.63) is 122 Å². The number of nitrogens with zero attached hydrogens (tertiary/aromatic N) is 2. The molecule has 3 aromatic carbocycles. The van der Waals surface area contributed by atoms with E-state index in [1.54, 1.807) is 0 Å². The first-order valence-electron chi connectivity index (χ1n) is 10.0. The van der Waals surface area contributed by atoms with Crippen molar-refractivity contribution >= 4 is 0 Å². The molecule has 0 aliphatic carbocycles.